The second kappa shape index (κ2) is 12.1. The first-order chi connectivity index (χ1) is 19.7. The van der Waals surface area contributed by atoms with Gasteiger partial charge >= 0.3 is 0 Å². The molecule has 3 heterocycles. The van der Waals surface area contributed by atoms with Crippen molar-refractivity contribution in [2.75, 3.05) is 53.0 Å². The highest BCUT2D eigenvalue weighted by atomic mass is 16.6. The van der Waals surface area contributed by atoms with Crippen LogP contribution in [0.5, 0.6) is 17.2 Å². The van der Waals surface area contributed by atoms with Gasteiger partial charge in [-0.05, 0) is 36.8 Å². The fourth-order valence-electron chi connectivity index (χ4n) is 5.74. The number of ether oxygens (including phenoxy) is 3. The quantitative estimate of drug-likeness (QED) is 0.377. The summed E-state index contributed by atoms with van der Waals surface area (Å²) in [4.78, 5) is 11.0. The monoisotopic (exact) mass is 539 g/mol. The van der Waals surface area contributed by atoms with E-state index in [2.05, 4.69) is 58.3 Å². The Morgan fingerprint density at radius 2 is 1.70 bits per heavy atom. The maximum atomic E-state index is 6.25. The Bertz CT molecular complexity index is 1350. The molecule has 40 heavy (non-hydrogen) atoms. The molecule has 1 saturated heterocycles. The molecule has 0 saturated carbocycles. The van der Waals surface area contributed by atoms with Gasteiger partial charge in [0, 0.05) is 50.4 Å². The molecule has 208 valence electrons. The second-order valence-corrected chi connectivity index (χ2v) is 10.8. The average molecular weight is 540 g/mol. The van der Waals surface area contributed by atoms with Crippen LogP contribution < -0.4 is 14.2 Å². The number of rotatable bonds is 9. The molecule has 1 fully saturated rings. The smallest absolute Gasteiger partial charge is 0.151 e. The molecule has 2 unspecified atom stereocenters. The lowest BCUT2D eigenvalue weighted by atomic mass is 9.89. The standard InChI is InChI=1S/C33H37N3O4/c1-24(17-25-9-5-3-6-10-25)20-35-13-15-36(16-14-35)21-32-29-23-39-31-18-26(22-38-27-11-7-4-8-12-27)30(37-2)19-28(31)33(29)34-40-32/h3-12,17-19,29,32H,13-16,20-23H2,1-2H3/b24-17+. The van der Waals surface area contributed by atoms with Crippen LogP contribution in [0.15, 0.2) is 83.5 Å². The number of hydrogen-bond donors (Lipinski definition) is 0. The van der Waals surface area contributed by atoms with Crippen molar-refractivity contribution in [3.05, 3.63) is 95.1 Å². The van der Waals surface area contributed by atoms with Gasteiger partial charge in [-0.1, -0.05) is 65.3 Å². The van der Waals surface area contributed by atoms with E-state index in [1.54, 1.807) is 7.11 Å². The molecule has 7 nitrogen and oxygen atoms in total. The summed E-state index contributed by atoms with van der Waals surface area (Å²) in [7, 11) is 1.68. The van der Waals surface area contributed by atoms with Crippen molar-refractivity contribution in [1.29, 1.82) is 0 Å². The summed E-state index contributed by atoms with van der Waals surface area (Å²) in [6, 6.07) is 24.4. The highest BCUT2D eigenvalue weighted by Crippen LogP contribution is 2.38. The van der Waals surface area contributed by atoms with Crippen LogP contribution in [0.1, 0.15) is 23.6 Å². The fraction of sp³-hybridized carbons (Fsp3) is 0.364. The van der Waals surface area contributed by atoms with Gasteiger partial charge in [0.25, 0.3) is 0 Å². The van der Waals surface area contributed by atoms with Gasteiger partial charge in [0.15, 0.2) is 6.10 Å². The first kappa shape index (κ1) is 26.4. The normalized spacial score (nSPS) is 21.1. The Morgan fingerprint density at radius 3 is 2.45 bits per heavy atom. The maximum absolute atomic E-state index is 6.25. The zero-order valence-corrected chi connectivity index (χ0v) is 23.3. The summed E-state index contributed by atoms with van der Waals surface area (Å²) in [5, 5.41) is 4.54. The number of hydrogen-bond acceptors (Lipinski definition) is 7. The van der Waals surface area contributed by atoms with Crippen LogP contribution in [-0.4, -0.2) is 74.6 Å². The molecular formula is C33H37N3O4. The van der Waals surface area contributed by atoms with E-state index in [0.29, 0.717) is 13.2 Å². The lowest BCUT2D eigenvalue weighted by Gasteiger charge is -2.36. The van der Waals surface area contributed by atoms with Gasteiger partial charge in [0.2, 0.25) is 0 Å². The summed E-state index contributed by atoms with van der Waals surface area (Å²) in [5.41, 5.74) is 5.50. The van der Waals surface area contributed by atoms with Crippen molar-refractivity contribution in [1.82, 2.24) is 9.80 Å². The molecule has 0 spiro atoms. The summed E-state index contributed by atoms with van der Waals surface area (Å²) < 4.78 is 17.9. The first-order valence-electron chi connectivity index (χ1n) is 14.1. The Morgan fingerprint density at radius 1 is 0.975 bits per heavy atom. The van der Waals surface area contributed by atoms with Crippen molar-refractivity contribution < 1.29 is 19.0 Å². The third-order valence-electron chi connectivity index (χ3n) is 7.89. The summed E-state index contributed by atoms with van der Waals surface area (Å²) >= 11 is 0. The summed E-state index contributed by atoms with van der Waals surface area (Å²) in [5.74, 6) is 2.49. The molecule has 3 aliphatic rings. The van der Waals surface area contributed by atoms with Crippen LogP contribution in [0.3, 0.4) is 0 Å². The van der Waals surface area contributed by atoms with Gasteiger partial charge in [-0.2, -0.15) is 0 Å². The number of para-hydroxylation sites is 1. The molecule has 6 rings (SSSR count). The van der Waals surface area contributed by atoms with Crippen molar-refractivity contribution in [2.24, 2.45) is 11.1 Å². The number of methoxy groups -OCH3 is 1. The van der Waals surface area contributed by atoms with E-state index in [-0.39, 0.29) is 12.0 Å². The van der Waals surface area contributed by atoms with E-state index in [9.17, 15) is 0 Å². The Labute approximate surface area is 236 Å². The molecule has 0 bridgehead atoms. The number of benzene rings is 3. The summed E-state index contributed by atoms with van der Waals surface area (Å²) in [6.07, 6.45) is 2.27. The largest absolute Gasteiger partial charge is 0.496 e. The van der Waals surface area contributed by atoms with Gasteiger partial charge < -0.3 is 19.0 Å². The van der Waals surface area contributed by atoms with Gasteiger partial charge in [0.1, 0.15) is 36.2 Å². The van der Waals surface area contributed by atoms with Gasteiger partial charge in [0.05, 0.1) is 13.0 Å². The average Bonchev–Trinajstić information content (AvgIpc) is 3.40. The predicted molar refractivity (Wildman–Crippen MR) is 157 cm³/mol. The maximum Gasteiger partial charge on any atom is 0.151 e. The van der Waals surface area contributed by atoms with E-state index in [1.165, 1.54) is 11.1 Å². The van der Waals surface area contributed by atoms with Gasteiger partial charge in [-0.15, -0.1) is 0 Å². The number of oxime groups is 1. The van der Waals surface area contributed by atoms with Crippen LogP contribution in [0.2, 0.25) is 0 Å². The Hall–Kier alpha value is -3.81. The number of piperazine rings is 1. The van der Waals surface area contributed by atoms with Crippen molar-refractivity contribution in [3.8, 4) is 17.2 Å². The van der Waals surface area contributed by atoms with Crippen molar-refractivity contribution in [3.63, 3.8) is 0 Å². The third kappa shape index (κ3) is 6.01. The fourth-order valence-corrected chi connectivity index (χ4v) is 5.74. The first-order valence-corrected chi connectivity index (χ1v) is 14.1. The van der Waals surface area contributed by atoms with Gasteiger partial charge in [-0.25, -0.2) is 0 Å². The summed E-state index contributed by atoms with van der Waals surface area (Å²) in [6.45, 7) is 9.18. The minimum absolute atomic E-state index is 0.0125. The molecule has 3 aliphatic heterocycles. The van der Waals surface area contributed by atoms with Crippen LogP contribution in [0, 0.1) is 5.92 Å². The molecule has 0 amide bonds. The molecule has 2 atom stereocenters. The Kier molecular flexibility index (Phi) is 8.02. The SMILES string of the molecule is COc1cc2c(cc1COc1ccccc1)OCC1C2=NOC1CN1CCN(C/C(C)=C/c2ccccc2)CC1. The lowest BCUT2D eigenvalue weighted by molar-refractivity contribution is 0.0101. The van der Waals surface area contributed by atoms with E-state index in [0.717, 1.165) is 73.4 Å². The van der Waals surface area contributed by atoms with E-state index in [4.69, 9.17) is 19.0 Å². The van der Waals surface area contributed by atoms with Crippen molar-refractivity contribution >= 4 is 11.8 Å². The molecule has 0 aromatic heterocycles. The van der Waals surface area contributed by atoms with E-state index < -0.39 is 0 Å². The highest BCUT2D eigenvalue weighted by molar-refractivity contribution is 6.06. The molecule has 0 aliphatic carbocycles. The molecule has 0 radical (unpaired) electrons. The van der Waals surface area contributed by atoms with Crippen LogP contribution in [0.25, 0.3) is 6.08 Å². The molecule has 0 N–H and O–H groups in total. The number of nitrogens with zero attached hydrogens (tertiary/aromatic N) is 3. The minimum Gasteiger partial charge on any atom is -0.496 e. The zero-order valence-electron chi connectivity index (χ0n) is 23.3. The van der Waals surface area contributed by atoms with Crippen LogP contribution in [-0.2, 0) is 11.4 Å². The topological polar surface area (TPSA) is 55.8 Å². The van der Waals surface area contributed by atoms with E-state index >= 15 is 0 Å². The van der Waals surface area contributed by atoms with Crippen LogP contribution in [0.4, 0.5) is 0 Å². The molecule has 3 aromatic rings. The lowest BCUT2D eigenvalue weighted by Crippen LogP contribution is -2.50. The van der Waals surface area contributed by atoms with Gasteiger partial charge in [-0.3, -0.25) is 9.80 Å². The van der Waals surface area contributed by atoms with Crippen molar-refractivity contribution in [2.45, 2.75) is 19.6 Å². The highest BCUT2D eigenvalue weighted by Gasteiger charge is 2.41. The zero-order chi connectivity index (χ0) is 27.3. The number of fused-ring (bicyclic) bond motifs is 3. The third-order valence-corrected chi connectivity index (χ3v) is 7.89. The second-order valence-electron chi connectivity index (χ2n) is 10.8. The minimum atomic E-state index is -0.0125. The molecule has 3 aromatic carbocycles. The Balaban J connectivity index is 1.04. The predicted octanol–water partition coefficient (Wildman–Crippen LogP) is 5.11. The van der Waals surface area contributed by atoms with E-state index in [1.807, 2.05) is 42.5 Å². The van der Waals surface area contributed by atoms with Crippen LogP contribution >= 0.6 is 0 Å². The molecule has 7 heteroatoms. The molecular weight excluding hydrogens is 502 g/mol.